The molecule has 7 heteroatoms. The monoisotopic (exact) mass is 371 g/mol. The molecular weight excluding hydrogens is 354 g/mol. The summed E-state index contributed by atoms with van der Waals surface area (Å²) in [5.74, 6) is 5.73. The number of nitrogens with one attached hydrogen (secondary N) is 1. The van der Waals surface area contributed by atoms with E-state index in [1.165, 1.54) is 0 Å². The molecule has 1 unspecified atom stereocenters. The molecule has 114 valence electrons. The molecule has 0 aromatic carbocycles. The molecule has 3 N–H and O–H groups in total. The molecule has 21 heavy (non-hydrogen) atoms. The van der Waals surface area contributed by atoms with Crippen LogP contribution in [0.4, 0.5) is 0 Å². The van der Waals surface area contributed by atoms with Crippen LogP contribution in [0.15, 0.2) is 22.9 Å². The summed E-state index contributed by atoms with van der Waals surface area (Å²) in [7, 11) is 0. The van der Waals surface area contributed by atoms with Gasteiger partial charge in [-0.25, -0.2) is 0 Å². The van der Waals surface area contributed by atoms with Crippen LogP contribution < -0.4 is 11.3 Å². The highest BCUT2D eigenvalue weighted by atomic mass is 79.9. The molecule has 0 fully saturated rings. The fraction of sp³-hybridized carbons (Fsp3) is 0.429. The van der Waals surface area contributed by atoms with E-state index in [0.29, 0.717) is 11.4 Å². The summed E-state index contributed by atoms with van der Waals surface area (Å²) >= 11 is 9.87. The van der Waals surface area contributed by atoms with E-state index in [1.807, 2.05) is 10.7 Å². The zero-order valence-corrected chi connectivity index (χ0v) is 14.4. The Balaban J connectivity index is 2.35. The average Bonchev–Trinajstić information content (AvgIpc) is 2.81. The fourth-order valence-corrected chi connectivity index (χ4v) is 3.31. The van der Waals surface area contributed by atoms with E-state index in [-0.39, 0.29) is 6.04 Å². The van der Waals surface area contributed by atoms with Gasteiger partial charge in [-0.3, -0.25) is 20.9 Å². The van der Waals surface area contributed by atoms with Gasteiger partial charge in [0.15, 0.2) is 0 Å². The van der Waals surface area contributed by atoms with Crippen LogP contribution in [0.25, 0.3) is 0 Å². The van der Waals surface area contributed by atoms with Crippen LogP contribution in [0.3, 0.4) is 0 Å². The number of nitrogens with zero attached hydrogens (tertiary/aromatic N) is 3. The summed E-state index contributed by atoms with van der Waals surface area (Å²) in [5, 5.41) is 5.21. The van der Waals surface area contributed by atoms with Gasteiger partial charge in [0.05, 0.1) is 26.9 Å². The van der Waals surface area contributed by atoms with Crippen molar-refractivity contribution in [1.29, 1.82) is 0 Å². The van der Waals surface area contributed by atoms with Crippen LogP contribution in [-0.2, 0) is 19.4 Å². The summed E-state index contributed by atoms with van der Waals surface area (Å²) in [6, 6.07) is 1.79. The highest BCUT2D eigenvalue weighted by molar-refractivity contribution is 9.10. The lowest BCUT2D eigenvalue weighted by Crippen LogP contribution is -2.30. The number of pyridine rings is 1. The lowest BCUT2D eigenvalue weighted by molar-refractivity contribution is 0.515. The first kappa shape index (κ1) is 16.4. The highest BCUT2D eigenvalue weighted by Crippen LogP contribution is 2.29. The number of hydrogen-bond acceptors (Lipinski definition) is 4. The molecule has 2 aromatic rings. The number of aryl methyl sites for hydroxylation is 2. The van der Waals surface area contributed by atoms with Gasteiger partial charge < -0.3 is 0 Å². The first-order valence-electron chi connectivity index (χ1n) is 6.91. The molecule has 0 aliphatic heterocycles. The van der Waals surface area contributed by atoms with Crippen molar-refractivity contribution in [3.63, 3.8) is 0 Å². The molecule has 2 aromatic heterocycles. The second-order valence-electron chi connectivity index (χ2n) is 4.70. The normalized spacial score (nSPS) is 12.6. The van der Waals surface area contributed by atoms with Gasteiger partial charge >= 0.3 is 0 Å². The van der Waals surface area contributed by atoms with E-state index in [1.54, 1.807) is 12.4 Å². The van der Waals surface area contributed by atoms with Crippen molar-refractivity contribution in [3.05, 3.63) is 44.9 Å². The Labute approximate surface area is 138 Å². The molecule has 0 saturated heterocycles. The zero-order valence-electron chi connectivity index (χ0n) is 12.1. The topological polar surface area (TPSA) is 68.8 Å². The predicted molar refractivity (Wildman–Crippen MR) is 88.0 cm³/mol. The Morgan fingerprint density at radius 1 is 1.48 bits per heavy atom. The minimum atomic E-state index is -0.0940. The standard InChI is InChI=1S/C14H19BrClN5/c1-3-11-14(15)13(21(4-2)20-11)7-12(19-17)9-5-6-18-8-10(9)16/h5-6,8,12,19H,3-4,7,17H2,1-2H3. The number of hydrogen-bond donors (Lipinski definition) is 2. The van der Waals surface area contributed by atoms with Crippen LogP contribution in [0.5, 0.6) is 0 Å². The van der Waals surface area contributed by atoms with Crippen molar-refractivity contribution in [2.24, 2.45) is 5.84 Å². The Bertz CT molecular complexity index is 613. The van der Waals surface area contributed by atoms with Crippen molar-refractivity contribution in [3.8, 4) is 0 Å². The second-order valence-corrected chi connectivity index (χ2v) is 5.90. The molecule has 0 aliphatic rings. The van der Waals surface area contributed by atoms with Crippen molar-refractivity contribution < 1.29 is 0 Å². The Morgan fingerprint density at radius 2 is 2.24 bits per heavy atom. The van der Waals surface area contributed by atoms with Crippen LogP contribution in [0, 0.1) is 0 Å². The van der Waals surface area contributed by atoms with E-state index in [2.05, 4.69) is 45.3 Å². The molecule has 0 saturated carbocycles. The van der Waals surface area contributed by atoms with Gasteiger partial charge in [-0.15, -0.1) is 0 Å². The zero-order chi connectivity index (χ0) is 15.4. The van der Waals surface area contributed by atoms with Crippen molar-refractivity contribution in [2.75, 3.05) is 0 Å². The molecular formula is C14H19BrClN5. The van der Waals surface area contributed by atoms with Crippen LogP contribution in [0.1, 0.15) is 36.8 Å². The van der Waals surface area contributed by atoms with Crippen LogP contribution >= 0.6 is 27.5 Å². The number of rotatable bonds is 6. The van der Waals surface area contributed by atoms with Gasteiger partial charge in [0.25, 0.3) is 0 Å². The van der Waals surface area contributed by atoms with Gasteiger partial charge in [-0.2, -0.15) is 5.10 Å². The summed E-state index contributed by atoms with van der Waals surface area (Å²) < 4.78 is 3.06. The molecule has 2 heterocycles. The Morgan fingerprint density at radius 3 is 2.81 bits per heavy atom. The van der Waals surface area contributed by atoms with Gasteiger partial charge in [0.2, 0.25) is 0 Å². The van der Waals surface area contributed by atoms with Crippen LogP contribution in [0.2, 0.25) is 5.02 Å². The van der Waals surface area contributed by atoms with Crippen molar-refractivity contribution >= 4 is 27.5 Å². The third-order valence-electron chi connectivity index (χ3n) is 3.47. The van der Waals surface area contributed by atoms with Gasteiger partial charge in [-0.05, 0) is 40.9 Å². The maximum Gasteiger partial charge on any atom is 0.0766 e. The summed E-state index contributed by atoms with van der Waals surface area (Å²) in [6.07, 6.45) is 4.93. The lowest BCUT2D eigenvalue weighted by Gasteiger charge is -2.18. The number of hydrazine groups is 1. The third kappa shape index (κ3) is 3.45. The predicted octanol–water partition coefficient (Wildman–Crippen LogP) is 3.02. The maximum absolute atomic E-state index is 6.22. The summed E-state index contributed by atoms with van der Waals surface area (Å²) in [5.41, 5.74) is 5.95. The Hall–Kier alpha value is -0.950. The third-order valence-corrected chi connectivity index (χ3v) is 4.70. The van der Waals surface area contributed by atoms with Gasteiger partial charge in [-0.1, -0.05) is 18.5 Å². The molecule has 2 rings (SSSR count). The second kappa shape index (κ2) is 7.35. The van der Waals surface area contributed by atoms with Crippen molar-refractivity contribution in [1.82, 2.24) is 20.2 Å². The smallest absolute Gasteiger partial charge is 0.0766 e. The maximum atomic E-state index is 6.22. The van der Waals surface area contributed by atoms with Gasteiger partial charge in [0.1, 0.15) is 0 Å². The van der Waals surface area contributed by atoms with E-state index >= 15 is 0 Å². The molecule has 0 spiro atoms. The first-order valence-corrected chi connectivity index (χ1v) is 8.09. The molecule has 5 nitrogen and oxygen atoms in total. The van der Waals surface area contributed by atoms with Gasteiger partial charge in [0, 0.05) is 25.4 Å². The molecule has 0 aliphatic carbocycles. The largest absolute Gasteiger partial charge is 0.271 e. The lowest BCUT2D eigenvalue weighted by atomic mass is 10.0. The summed E-state index contributed by atoms with van der Waals surface area (Å²) in [4.78, 5) is 4.01. The minimum absolute atomic E-state index is 0.0940. The van der Waals surface area contributed by atoms with Crippen molar-refractivity contribution in [2.45, 2.75) is 39.3 Å². The summed E-state index contributed by atoms with van der Waals surface area (Å²) in [6.45, 7) is 4.98. The average molecular weight is 373 g/mol. The fourth-order valence-electron chi connectivity index (χ4n) is 2.33. The quantitative estimate of drug-likeness (QED) is 0.604. The SMILES string of the molecule is CCc1nn(CC)c(CC(NN)c2ccncc2Cl)c1Br. The number of halogens is 2. The molecule has 0 radical (unpaired) electrons. The number of aromatic nitrogens is 3. The Kier molecular flexibility index (Phi) is 5.75. The highest BCUT2D eigenvalue weighted by Gasteiger charge is 2.20. The van der Waals surface area contributed by atoms with E-state index < -0.39 is 0 Å². The van der Waals surface area contributed by atoms with E-state index in [0.717, 1.165) is 34.4 Å². The minimum Gasteiger partial charge on any atom is -0.271 e. The molecule has 0 amide bonds. The number of nitrogens with two attached hydrogens (primary N) is 1. The molecule has 1 atom stereocenters. The van der Waals surface area contributed by atoms with E-state index in [4.69, 9.17) is 17.4 Å². The van der Waals surface area contributed by atoms with E-state index in [9.17, 15) is 0 Å². The van der Waals surface area contributed by atoms with Crippen LogP contribution in [-0.4, -0.2) is 14.8 Å². The first-order chi connectivity index (χ1) is 10.1. The molecule has 0 bridgehead atoms.